The number of hydrogen-bond acceptors (Lipinski definition) is 5. The molecule has 1 aromatic carbocycles. The van der Waals surface area contributed by atoms with Crippen molar-refractivity contribution >= 4 is 23.7 Å². The summed E-state index contributed by atoms with van der Waals surface area (Å²) in [5, 5.41) is 2.44. The average Bonchev–Trinajstić information content (AvgIpc) is 2.64. The summed E-state index contributed by atoms with van der Waals surface area (Å²) in [5.74, 6) is -2.16. The molecule has 3 N–H and O–H groups in total. The van der Waals surface area contributed by atoms with Crippen LogP contribution in [0.4, 0.5) is 0 Å². The summed E-state index contributed by atoms with van der Waals surface area (Å²) in [6.07, 6.45) is 2.11. The van der Waals surface area contributed by atoms with Crippen molar-refractivity contribution in [2.45, 2.75) is 32.2 Å². The normalized spacial score (nSPS) is 16.7. The number of nitrogens with zero attached hydrogens (tertiary/aromatic N) is 1. The van der Waals surface area contributed by atoms with Crippen LogP contribution < -0.4 is 11.1 Å². The van der Waals surface area contributed by atoms with Gasteiger partial charge < -0.3 is 20.7 Å². The molecule has 2 rings (SSSR count). The maximum absolute atomic E-state index is 12.2. The van der Waals surface area contributed by atoms with Crippen LogP contribution in [0.2, 0.25) is 0 Å². The molecule has 1 aliphatic rings. The maximum atomic E-state index is 12.2. The third kappa shape index (κ3) is 5.30. The average molecular weight is 361 g/mol. The Morgan fingerprint density at radius 1 is 1.27 bits per heavy atom. The third-order valence-corrected chi connectivity index (χ3v) is 4.18. The number of carbonyl (C=O) groups is 4. The molecule has 140 valence electrons. The van der Waals surface area contributed by atoms with Gasteiger partial charge in [0.1, 0.15) is 12.6 Å². The van der Waals surface area contributed by atoms with Crippen molar-refractivity contribution in [2.75, 3.05) is 19.7 Å². The largest absolute Gasteiger partial charge is 0.454 e. The van der Waals surface area contributed by atoms with E-state index in [4.69, 9.17) is 10.5 Å². The molecular weight excluding hydrogens is 338 g/mol. The first-order chi connectivity index (χ1) is 12.4. The number of piperidine rings is 1. The zero-order valence-electron chi connectivity index (χ0n) is 14.7. The molecule has 0 aromatic heterocycles. The van der Waals surface area contributed by atoms with Gasteiger partial charge in [0.05, 0.1) is 0 Å². The molecule has 0 saturated carbocycles. The van der Waals surface area contributed by atoms with Crippen molar-refractivity contribution in [2.24, 2.45) is 5.73 Å². The first-order valence-electron chi connectivity index (χ1n) is 8.47. The number of nitrogens with two attached hydrogens (primary N) is 1. The second kappa shape index (κ2) is 8.98. The molecular formula is C18H23N3O5. The number of amides is 3. The molecule has 0 unspecified atom stereocenters. The number of ether oxygens (including phenoxy) is 1. The fraction of sp³-hybridized carbons (Fsp3) is 0.444. The van der Waals surface area contributed by atoms with Crippen molar-refractivity contribution in [3.8, 4) is 0 Å². The van der Waals surface area contributed by atoms with Crippen molar-refractivity contribution in [3.05, 3.63) is 35.4 Å². The van der Waals surface area contributed by atoms with Crippen LogP contribution >= 0.6 is 0 Å². The van der Waals surface area contributed by atoms with E-state index < -0.39 is 36.3 Å². The number of rotatable bonds is 6. The Bertz CT molecular complexity index is 704. The van der Waals surface area contributed by atoms with Gasteiger partial charge in [-0.25, -0.2) is 0 Å². The standard InChI is InChI=1S/C18H23N3O5/c1-12-5-4-6-13(9-12)18(25)20-10-16(23)26-11-15(22)21-8-3-2-7-14(21)17(19)24/h4-6,9,14H,2-3,7-8,10-11H2,1H3,(H2,19,24)(H,20,25)/t14-/m0/s1. The molecule has 1 heterocycles. The highest BCUT2D eigenvalue weighted by Gasteiger charge is 2.30. The van der Waals surface area contributed by atoms with E-state index in [0.29, 0.717) is 18.5 Å². The second-order valence-electron chi connectivity index (χ2n) is 6.21. The Hall–Kier alpha value is -2.90. The lowest BCUT2D eigenvalue weighted by Gasteiger charge is -2.33. The summed E-state index contributed by atoms with van der Waals surface area (Å²) in [5.41, 5.74) is 6.67. The Morgan fingerprint density at radius 3 is 2.73 bits per heavy atom. The number of aryl methyl sites for hydroxylation is 1. The SMILES string of the molecule is Cc1cccc(C(=O)NCC(=O)OCC(=O)N2CCCC[C@H]2C(N)=O)c1. The number of esters is 1. The van der Waals surface area contributed by atoms with Crippen molar-refractivity contribution < 1.29 is 23.9 Å². The van der Waals surface area contributed by atoms with Crippen LogP contribution in [0.3, 0.4) is 0 Å². The van der Waals surface area contributed by atoms with Gasteiger partial charge in [-0.05, 0) is 38.3 Å². The van der Waals surface area contributed by atoms with Crippen LogP contribution in [0.15, 0.2) is 24.3 Å². The van der Waals surface area contributed by atoms with Gasteiger partial charge >= 0.3 is 5.97 Å². The summed E-state index contributed by atoms with van der Waals surface area (Å²) in [7, 11) is 0. The van der Waals surface area contributed by atoms with Crippen LogP contribution in [-0.4, -0.2) is 54.3 Å². The van der Waals surface area contributed by atoms with E-state index in [1.54, 1.807) is 18.2 Å². The van der Waals surface area contributed by atoms with E-state index in [-0.39, 0.29) is 6.54 Å². The van der Waals surface area contributed by atoms with Crippen molar-refractivity contribution in [1.82, 2.24) is 10.2 Å². The van der Waals surface area contributed by atoms with Crippen LogP contribution in [-0.2, 0) is 19.1 Å². The lowest BCUT2D eigenvalue weighted by molar-refractivity contribution is -0.154. The van der Waals surface area contributed by atoms with Gasteiger partial charge in [-0.3, -0.25) is 19.2 Å². The molecule has 1 atom stereocenters. The van der Waals surface area contributed by atoms with Crippen LogP contribution in [0.25, 0.3) is 0 Å². The second-order valence-corrected chi connectivity index (χ2v) is 6.21. The van der Waals surface area contributed by atoms with E-state index in [1.807, 2.05) is 13.0 Å². The molecule has 0 aliphatic carbocycles. The fourth-order valence-corrected chi connectivity index (χ4v) is 2.84. The van der Waals surface area contributed by atoms with E-state index >= 15 is 0 Å². The molecule has 1 aliphatic heterocycles. The van der Waals surface area contributed by atoms with Crippen molar-refractivity contribution in [3.63, 3.8) is 0 Å². The molecule has 8 nitrogen and oxygen atoms in total. The van der Waals surface area contributed by atoms with Gasteiger partial charge in [0.15, 0.2) is 6.61 Å². The molecule has 8 heteroatoms. The van der Waals surface area contributed by atoms with Crippen LogP contribution in [0, 0.1) is 6.92 Å². The summed E-state index contributed by atoms with van der Waals surface area (Å²) in [4.78, 5) is 48.6. The zero-order valence-corrected chi connectivity index (χ0v) is 14.7. The maximum Gasteiger partial charge on any atom is 0.325 e. The summed E-state index contributed by atoms with van der Waals surface area (Å²) in [6, 6.07) is 6.28. The molecule has 3 amide bonds. The topological polar surface area (TPSA) is 119 Å². The van der Waals surface area contributed by atoms with Crippen molar-refractivity contribution in [1.29, 1.82) is 0 Å². The molecule has 0 spiro atoms. The molecule has 1 fully saturated rings. The lowest BCUT2D eigenvalue weighted by Crippen LogP contribution is -2.51. The summed E-state index contributed by atoms with van der Waals surface area (Å²) >= 11 is 0. The smallest absolute Gasteiger partial charge is 0.325 e. The predicted octanol–water partition coefficient (Wildman–Crippen LogP) is 0.134. The number of carbonyl (C=O) groups excluding carboxylic acids is 4. The number of likely N-dealkylation sites (tertiary alicyclic amines) is 1. The summed E-state index contributed by atoms with van der Waals surface area (Å²) in [6.45, 7) is 1.44. The van der Waals surface area contributed by atoms with E-state index in [9.17, 15) is 19.2 Å². The Balaban J connectivity index is 1.78. The monoisotopic (exact) mass is 361 g/mol. The molecule has 0 radical (unpaired) electrons. The fourth-order valence-electron chi connectivity index (χ4n) is 2.84. The minimum absolute atomic E-state index is 0.348. The highest BCUT2D eigenvalue weighted by molar-refractivity contribution is 5.96. The van der Waals surface area contributed by atoms with E-state index in [2.05, 4.69) is 5.32 Å². The Labute approximate surface area is 151 Å². The third-order valence-electron chi connectivity index (χ3n) is 4.18. The van der Waals surface area contributed by atoms with Gasteiger partial charge in [-0.2, -0.15) is 0 Å². The Morgan fingerprint density at radius 2 is 2.04 bits per heavy atom. The van der Waals surface area contributed by atoms with Gasteiger partial charge in [0.2, 0.25) is 5.91 Å². The van der Waals surface area contributed by atoms with Gasteiger partial charge in [-0.15, -0.1) is 0 Å². The van der Waals surface area contributed by atoms with Gasteiger partial charge in [-0.1, -0.05) is 17.7 Å². The highest BCUT2D eigenvalue weighted by atomic mass is 16.5. The van der Waals surface area contributed by atoms with Crippen LogP contribution in [0.1, 0.15) is 35.2 Å². The Kier molecular flexibility index (Phi) is 6.71. The quantitative estimate of drug-likeness (QED) is 0.698. The lowest BCUT2D eigenvalue weighted by atomic mass is 10.0. The minimum atomic E-state index is -0.730. The van der Waals surface area contributed by atoms with Gasteiger partial charge in [0.25, 0.3) is 11.8 Å². The predicted molar refractivity (Wildman–Crippen MR) is 93.0 cm³/mol. The number of benzene rings is 1. The first kappa shape index (κ1) is 19.4. The molecule has 26 heavy (non-hydrogen) atoms. The van der Waals surface area contributed by atoms with E-state index in [1.165, 1.54) is 4.90 Å². The molecule has 1 aromatic rings. The number of hydrogen-bond donors (Lipinski definition) is 2. The van der Waals surface area contributed by atoms with Gasteiger partial charge in [0, 0.05) is 12.1 Å². The number of primary amides is 1. The van der Waals surface area contributed by atoms with Crippen LogP contribution in [0.5, 0.6) is 0 Å². The number of nitrogens with one attached hydrogen (secondary N) is 1. The highest BCUT2D eigenvalue weighted by Crippen LogP contribution is 2.16. The summed E-state index contributed by atoms with van der Waals surface area (Å²) < 4.78 is 4.90. The molecule has 0 bridgehead atoms. The minimum Gasteiger partial charge on any atom is -0.454 e. The van der Waals surface area contributed by atoms with E-state index in [0.717, 1.165) is 18.4 Å². The zero-order chi connectivity index (χ0) is 19.1. The molecule has 1 saturated heterocycles. The first-order valence-corrected chi connectivity index (χ1v) is 8.47.